The van der Waals surface area contributed by atoms with Crippen molar-refractivity contribution >= 4 is 66.0 Å². The number of para-hydroxylation sites is 1. The van der Waals surface area contributed by atoms with E-state index in [1.165, 1.54) is 125 Å². The van der Waals surface area contributed by atoms with Crippen LogP contribution >= 0.6 is 43.2 Å². The monoisotopic (exact) mass is 768 g/mol. The molecule has 1 aromatic carbocycles. The Balaban J connectivity index is 1.59. The standard InChI is InChI=1S/C40H68N2O4S4/c1-3-5-7-9-11-13-15-19-31-47-49-33-29-45-39(43)24-27-42(26-23-36-35-41-38-22-18-17-21-37(36)38)28-25-40(44)46-30-34-50-48-32-20-16-14-12-10-8-6-4-2/h17-18,21-22,35,41H,3-16,19-20,23-34H2,1-2H3. The highest BCUT2D eigenvalue weighted by molar-refractivity contribution is 8.77. The van der Waals surface area contributed by atoms with Crippen LogP contribution < -0.4 is 0 Å². The smallest absolute Gasteiger partial charge is 0.307 e. The van der Waals surface area contributed by atoms with Crippen LogP contribution in [0.3, 0.4) is 0 Å². The highest BCUT2D eigenvalue weighted by atomic mass is 33.1. The molecule has 0 amide bonds. The molecule has 0 aliphatic heterocycles. The number of unbranched alkanes of at least 4 members (excludes halogenated alkanes) is 14. The largest absolute Gasteiger partial charge is 0.465 e. The third-order valence-electron chi connectivity index (χ3n) is 8.83. The van der Waals surface area contributed by atoms with E-state index < -0.39 is 0 Å². The van der Waals surface area contributed by atoms with E-state index in [0.717, 1.165) is 30.0 Å². The maximum absolute atomic E-state index is 12.6. The molecule has 50 heavy (non-hydrogen) atoms. The summed E-state index contributed by atoms with van der Waals surface area (Å²) in [5.74, 6) is 3.63. The third-order valence-corrected chi connectivity index (χ3v) is 13.7. The molecule has 6 nitrogen and oxygen atoms in total. The number of nitrogens with zero attached hydrogens (tertiary/aromatic N) is 1. The Bertz CT molecular complexity index is 1060. The second-order valence-electron chi connectivity index (χ2n) is 13.1. The lowest BCUT2D eigenvalue weighted by Crippen LogP contribution is -2.31. The number of aromatic amines is 1. The number of aromatic nitrogens is 1. The van der Waals surface area contributed by atoms with Crippen molar-refractivity contribution in [2.75, 3.05) is 55.9 Å². The normalized spacial score (nSPS) is 11.5. The van der Waals surface area contributed by atoms with E-state index in [9.17, 15) is 9.59 Å². The molecule has 2 rings (SSSR count). The predicted octanol–water partition coefficient (Wildman–Crippen LogP) is 11.9. The molecule has 0 spiro atoms. The van der Waals surface area contributed by atoms with Crippen molar-refractivity contribution in [3.8, 4) is 0 Å². The molecule has 0 bridgehead atoms. The van der Waals surface area contributed by atoms with Gasteiger partial charge in [-0.05, 0) is 30.9 Å². The molecule has 0 saturated carbocycles. The number of hydrogen-bond donors (Lipinski definition) is 1. The van der Waals surface area contributed by atoms with Gasteiger partial charge in [-0.1, -0.05) is 165 Å². The fourth-order valence-corrected chi connectivity index (χ4v) is 9.75. The fraction of sp³-hybridized carbons (Fsp3) is 0.750. The number of carbonyl (C=O) groups is 2. The molecule has 1 heterocycles. The van der Waals surface area contributed by atoms with Crippen LogP contribution in [0.1, 0.15) is 135 Å². The number of H-pyrrole nitrogens is 1. The summed E-state index contributed by atoms with van der Waals surface area (Å²) in [6.45, 7) is 7.33. The zero-order chi connectivity index (χ0) is 35.7. The van der Waals surface area contributed by atoms with E-state index in [0.29, 0.717) is 39.1 Å². The SMILES string of the molecule is CCCCCCCCCCSSCCOC(=O)CCN(CCC(=O)OCCSSCCCCCCCCCC)CCc1c[nH]c2ccccc12. The molecule has 1 aromatic heterocycles. The van der Waals surface area contributed by atoms with Gasteiger partial charge >= 0.3 is 11.9 Å². The lowest BCUT2D eigenvalue weighted by atomic mass is 10.1. The average molecular weight is 769 g/mol. The van der Waals surface area contributed by atoms with Gasteiger partial charge in [-0.15, -0.1) is 0 Å². The van der Waals surface area contributed by atoms with Crippen LogP contribution in [0, 0.1) is 0 Å². The first-order chi connectivity index (χ1) is 24.6. The fourth-order valence-electron chi connectivity index (χ4n) is 5.80. The van der Waals surface area contributed by atoms with Crippen LogP contribution in [0.4, 0.5) is 0 Å². The van der Waals surface area contributed by atoms with Gasteiger partial charge in [-0.2, -0.15) is 0 Å². The summed E-state index contributed by atoms with van der Waals surface area (Å²) in [5, 5.41) is 1.22. The van der Waals surface area contributed by atoms with Crippen molar-refractivity contribution < 1.29 is 19.1 Å². The summed E-state index contributed by atoms with van der Waals surface area (Å²) in [4.78, 5) is 30.7. The number of hydrogen-bond acceptors (Lipinski definition) is 9. The Kier molecular flexibility index (Phi) is 29.6. The van der Waals surface area contributed by atoms with E-state index in [1.807, 2.05) is 27.7 Å². The van der Waals surface area contributed by atoms with Crippen molar-refractivity contribution in [1.82, 2.24) is 9.88 Å². The Morgan fingerprint density at radius 3 is 1.58 bits per heavy atom. The molecule has 10 heteroatoms. The molecule has 0 atom stereocenters. The first-order valence-electron chi connectivity index (χ1n) is 19.7. The van der Waals surface area contributed by atoms with Crippen LogP contribution in [0.5, 0.6) is 0 Å². The molecule has 0 fully saturated rings. The van der Waals surface area contributed by atoms with Gasteiger partial charge in [0.1, 0.15) is 13.2 Å². The molecule has 1 N–H and O–H groups in total. The number of fused-ring (bicyclic) bond motifs is 1. The van der Waals surface area contributed by atoms with Crippen LogP contribution in [-0.4, -0.2) is 77.7 Å². The van der Waals surface area contributed by atoms with Crippen molar-refractivity contribution in [1.29, 1.82) is 0 Å². The molecule has 0 aliphatic rings. The van der Waals surface area contributed by atoms with Crippen molar-refractivity contribution in [3.05, 3.63) is 36.0 Å². The van der Waals surface area contributed by atoms with Crippen molar-refractivity contribution in [3.63, 3.8) is 0 Å². The first-order valence-corrected chi connectivity index (χ1v) is 24.7. The Hall–Kier alpha value is -0.940. The van der Waals surface area contributed by atoms with E-state index >= 15 is 0 Å². The predicted molar refractivity (Wildman–Crippen MR) is 225 cm³/mol. The second-order valence-corrected chi connectivity index (χ2v) is 18.5. The first kappa shape index (κ1) is 45.2. The minimum Gasteiger partial charge on any atom is -0.465 e. The van der Waals surface area contributed by atoms with Gasteiger partial charge in [0, 0.05) is 59.7 Å². The third kappa shape index (κ3) is 24.3. The summed E-state index contributed by atoms with van der Waals surface area (Å²) in [5.41, 5.74) is 2.38. The highest BCUT2D eigenvalue weighted by Gasteiger charge is 2.14. The molecule has 0 radical (unpaired) electrons. The number of ether oxygens (including phenoxy) is 2. The summed E-state index contributed by atoms with van der Waals surface area (Å²) >= 11 is 0. The second kappa shape index (κ2) is 32.7. The van der Waals surface area contributed by atoms with Gasteiger partial charge < -0.3 is 19.4 Å². The van der Waals surface area contributed by atoms with E-state index in [2.05, 4.69) is 48.1 Å². The summed E-state index contributed by atoms with van der Waals surface area (Å²) in [6.07, 6.45) is 25.1. The minimum absolute atomic E-state index is 0.167. The molecule has 2 aromatic rings. The van der Waals surface area contributed by atoms with Crippen LogP contribution in [0.2, 0.25) is 0 Å². The lowest BCUT2D eigenvalue weighted by molar-refractivity contribution is -0.143. The minimum atomic E-state index is -0.167. The number of rotatable bonds is 35. The van der Waals surface area contributed by atoms with Gasteiger partial charge in [-0.3, -0.25) is 9.59 Å². The summed E-state index contributed by atoms with van der Waals surface area (Å²) in [7, 11) is 7.39. The van der Waals surface area contributed by atoms with Gasteiger partial charge in [0.25, 0.3) is 0 Å². The van der Waals surface area contributed by atoms with Crippen LogP contribution in [-0.2, 0) is 25.5 Å². The molecule has 0 unspecified atom stereocenters. The van der Waals surface area contributed by atoms with Crippen LogP contribution in [0.25, 0.3) is 10.9 Å². The Morgan fingerprint density at radius 2 is 1.06 bits per heavy atom. The van der Waals surface area contributed by atoms with Gasteiger partial charge in [-0.25, -0.2) is 0 Å². The summed E-state index contributed by atoms with van der Waals surface area (Å²) < 4.78 is 11.1. The quantitative estimate of drug-likeness (QED) is 0.0419. The average Bonchev–Trinajstić information content (AvgIpc) is 3.55. The maximum Gasteiger partial charge on any atom is 0.307 e. The highest BCUT2D eigenvalue weighted by Crippen LogP contribution is 2.24. The van der Waals surface area contributed by atoms with Gasteiger partial charge in [0.05, 0.1) is 12.8 Å². The zero-order valence-electron chi connectivity index (χ0n) is 31.4. The Morgan fingerprint density at radius 1 is 0.600 bits per heavy atom. The van der Waals surface area contributed by atoms with Crippen LogP contribution in [0.15, 0.2) is 30.5 Å². The number of benzene rings is 1. The molecule has 286 valence electrons. The summed E-state index contributed by atoms with van der Waals surface area (Å²) in [6, 6.07) is 8.32. The number of carbonyl (C=O) groups excluding carboxylic acids is 2. The zero-order valence-corrected chi connectivity index (χ0v) is 34.7. The maximum atomic E-state index is 12.6. The molecular formula is C40H68N2O4S4. The Labute approximate surface area is 321 Å². The van der Waals surface area contributed by atoms with Crippen molar-refractivity contribution in [2.45, 2.75) is 136 Å². The number of esters is 2. The lowest BCUT2D eigenvalue weighted by Gasteiger charge is -2.21. The van der Waals surface area contributed by atoms with Crippen molar-refractivity contribution in [2.24, 2.45) is 0 Å². The van der Waals surface area contributed by atoms with E-state index in [4.69, 9.17) is 9.47 Å². The van der Waals surface area contributed by atoms with E-state index in [-0.39, 0.29) is 11.9 Å². The topological polar surface area (TPSA) is 71.6 Å². The molecular weight excluding hydrogens is 701 g/mol. The molecule has 0 aliphatic carbocycles. The van der Waals surface area contributed by atoms with Gasteiger partial charge in [0.2, 0.25) is 0 Å². The van der Waals surface area contributed by atoms with Gasteiger partial charge in [0.15, 0.2) is 0 Å². The molecule has 0 saturated heterocycles. The van der Waals surface area contributed by atoms with E-state index in [1.54, 1.807) is 21.6 Å². The number of nitrogens with one attached hydrogen (secondary N) is 1.